The lowest BCUT2D eigenvalue weighted by Crippen LogP contribution is -1.99. The Hall–Kier alpha value is -2.40. The SMILES string of the molecule is O=C(O)/C=C/c1cc(Br)ccc1-n1ncc2ccccc21. The van der Waals surface area contributed by atoms with Crippen molar-refractivity contribution in [1.82, 2.24) is 9.78 Å². The molecule has 0 spiro atoms. The van der Waals surface area contributed by atoms with Gasteiger partial charge in [-0.15, -0.1) is 0 Å². The molecule has 104 valence electrons. The van der Waals surface area contributed by atoms with E-state index >= 15 is 0 Å². The van der Waals surface area contributed by atoms with E-state index in [1.54, 1.807) is 12.3 Å². The van der Waals surface area contributed by atoms with Crippen molar-refractivity contribution in [2.24, 2.45) is 0 Å². The first-order chi connectivity index (χ1) is 10.1. The van der Waals surface area contributed by atoms with Gasteiger partial charge in [0.2, 0.25) is 0 Å². The topological polar surface area (TPSA) is 55.1 Å². The zero-order valence-corrected chi connectivity index (χ0v) is 12.5. The molecule has 4 nitrogen and oxygen atoms in total. The van der Waals surface area contributed by atoms with Gasteiger partial charge in [0.15, 0.2) is 0 Å². The van der Waals surface area contributed by atoms with E-state index in [0.717, 1.165) is 32.7 Å². The van der Waals surface area contributed by atoms with Crippen molar-refractivity contribution in [2.75, 3.05) is 0 Å². The molecule has 0 bridgehead atoms. The average molecular weight is 343 g/mol. The maximum absolute atomic E-state index is 10.7. The van der Waals surface area contributed by atoms with Gasteiger partial charge in [-0.3, -0.25) is 0 Å². The van der Waals surface area contributed by atoms with Gasteiger partial charge in [-0.2, -0.15) is 5.10 Å². The zero-order valence-electron chi connectivity index (χ0n) is 10.9. The van der Waals surface area contributed by atoms with Gasteiger partial charge in [-0.1, -0.05) is 34.1 Å². The summed E-state index contributed by atoms with van der Waals surface area (Å²) in [7, 11) is 0. The molecule has 0 aliphatic rings. The molecule has 1 aromatic heterocycles. The van der Waals surface area contributed by atoms with Crippen molar-refractivity contribution >= 4 is 38.9 Å². The van der Waals surface area contributed by atoms with Crippen molar-refractivity contribution in [3.8, 4) is 5.69 Å². The van der Waals surface area contributed by atoms with E-state index in [0.29, 0.717) is 0 Å². The molecule has 0 aliphatic heterocycles. The summed E-state index contributed by atoms with van der Waals surface area (Å²) in [5, 5.41) is 14.3. The van der Waals surface area contributed by atoms with Crippen molar-refractivity contribution in [2.45, 2.75) is 0 Å². The van der Waals surface area contributed by atoms with E-state index in [-0.39, 0.29) is 0 Å². The number of fused-ring (bicyclic) bond motifs is 1. The number of carboxylic acid groups (broad SMARTS) is 1. The molecular formula is C16H11BrN2O2. The number of benzene rings is 2. The van der Waals surface area contributed by atoms with Gasteiger partial charge in [-0.25, -0.2) is 9.48 Å². The molecule has 1 N–H and O–H groups in total. The van der Waals surface area contributed by atoms with Crippen molar-refractivity contribution in [3.05, 3.63) is 64.8 Å². The summed E-state index contributed by atoms with van der Waals surface area (Å²) in [4.78, 5) is 10.7. The summed E-state index contributed by atoms with van der Waals surface area (Å²) in [5.74, 6) is -0.980. The first kappa shape index (κ1) is 13.6. The van der Waals surface area contributed by atoms with Crippen LogP contribution in [-0.2, 0) is 4.79 Å². The lowest BCUT2D eigenvalue weighted by molar-refractivity contribution is -0.131. The Morgan fingerprint density at radius 3 is 2.86 bits per heavy atom. The summed E-state index contributed by atoms with van der Waals surface area (Å²) >= 11 is 3.41. The highest BCUT2D eigenvalue weighted by Crippen LogP contribution is 2.24. The van der Waals surface area contributed by atoms with Crippen molar-refractivity contribution in [1.29, 1.82) is 0 Å². The van der Waals surface area contributed by atoms with Gasteiger partial charge in [0.05, 0.1) is 17.4 Å². The van der Waals surface area contributed by atoms with E-state index < -0.39 is 5.97 Å². The molecule has 1 heterocycles. The first-order valence-corrected chi connectivity index (χ1v) is 7.08. The Morgan fingerprint density at radius 2 is 2.05 bits per heavy atom. The van der Waals surface area contributed by atoms with Gasteiger partial charge >= 0.3 is 5.97 Å². The van der Waals surface area contributed by atoms with Gasteiger partial charge in [-0.05, 0) is 30.3 Å². The third kappa shape index (κ3) is 2.73. The van der Waals surface area contributed by atoms with E-state index in [4.69, 9.17) is 5.11 Å². The number of carboxylic acids is 1. The van der Waals surface area contributed by atoms with Crippen LogP contribution >= 0.6 is 15.9 Å². The third-order valence-electron chi connectivity index (χ3n) is 3.10. The Kier molecular flexibility index (Phi) is 3.58. The number of carbonyl (C=O) groups is 1. The van der Waals surface area contributed by atoms with E-state index in [2.05, 4.69) is 21.0 Å². The van der Waals surface area contributed by atoms with E-state index in [1.807, 2.05) is 47.1 Å². The number of hydrogen-bond acceptors (Lipinski definition) is 2. The number of aromatic nitrogens is 2. The molecule has 3 rings (SSSR count). The summed E-state index contributed by atoms with van der Waals surface area (Å²) in [6.07, 6.45) is 4.48. The number of nitrogens with zero attached hydrogens (tertiary/aromatic N) is 2. The molecule has 0 aliphatic carbocycles. The number of rotatable bonds is 3. The molecule has 21 heavy (non-hydrogen) atoms. The number of hydrogen-bond donors (Lipinski definition) is 1. The fourth-order valence-corrected chi connectivity index (χ4v) is 2.56. The van der Waals surface area contributed by atoms with Gasteiger partial charge in [0, 0.05) is 21.5 Å². The lowest BCUT2D eigenvalue weighted by atomic mass is 10.1. The molecule has 5 heteroatoms. The summed E-state index contributed by atoms with van der Waals surface area (Å²) in [6, 6.07) is 13.6. The molecule has 0 radical (unpaired) electrons. The summed E-state index contributed by atoms with van der Waals surface area (Å²) < 4.78 is 2.69. The molecule has 0 atom stereocenters. The highest BCUT2D eigenvalue weighted by atomic mass is 79.9. The highest BCUT2D eigenvalue weighted by Gasteiger charge is 2.08. The summed E-state index contributed by atoms with van der Waals surface area (Å²) in [6.45, 7) is 0. The monoisotopic (exact) mass is 342 g/mol. The van der Waals surface area contributed by atoms with E-state index in [1.165, 1.54) is 0 Å². The standard InChI is InChI=1S/C16H11BrN2O2/c17-13-6-7-15(11(9-13)5-8-16(20)21)19-14-4-2-1-3-12(14)10-18-19/h1-10H,(H,20,21)/b8-5+. The predicted octanol–water partition coefficient (Wildman–Crippen LogP) is 3.89. The van der Waals surface area contributed by atoms with E-state index in [9.17, 15) is 4.79 Å². The number of aliphatic carboxylic acids is 1. The molecule has 2 aromatic carbocycles. The Balaban J connectivity index is 2.20. The zero-order chi connectivity index (χ0) is 14.8. The molecule has 3 aromatic rings. The Bertz CT molecular complexity index is 852. The largest absolute Gasteiger partial charge is 0.478 e. The van der Waals surface area contributed by atoms with Crippen LogP contribution in [0.1, 0.15) is 5.56 Å². The smallest absolute Gasteiger partial charge is 0.328 e. The second kappa shape index (κ2) is 5.54. The Morgan fingerprint density at radius 1 is 1.24 bits per heavy atom. The quantitative estimate of drug-likeness (QED) is 0.734. The minimum absolute atomic E-state index is 0.778. The highest BCUT2D eigenvalue weighted by molar-refractivity contribution is 9.10. The van der Waals surface area contributed by atoms with Crippen molar-refractivity contribution in [3.63, 3.8) is 0 Å². The van der Waals surface area contributed by atoms with Gasteiger partial charge in [0.1, 0.15) is 0 Å². The van der Waals surface area contributed by atoms with Crippen LogP contribution in [0.5, 0.6) is 0 Å². The second-order valence-corrected chi connectivity index (χ2v) is 5.41. The Labute approximate surface area is 129 Å². The molecule has 0 fully saturated rings. The predicted molar refractivity (Wildman–Crippen MR) is 85.4 cm³/mol. The van der Waals surface area contributed by atoms with Crippen LogP contribution in [0, 0.1) is 0 Å². The second-order valence-electron chi connectivity index (χ2n) is 4.49. The van der Waals surface area contributed by atoms with Crippen LogP contribution in [0.3, 0.4) is 0 Å². The normalized spacial score (nSPS) is 11.3. The minimum atomic E-state index is -0.980. The number of halogens is 1. The molecule has 0 amide bonds. The van der Waals surface area contributed by atoms with Crippen LogP contribution < -0.4 is 0 Å². The fourth-order valence-electron chi connectivity index (χ4n) is 2.18. The van der Waals surface area contributed by atoms with Crippen LogP contribution in [-0.4, -0.2) is 20.9 Å². The molecule has 0 saturated heterocycles. The summed E-state index contributed by atoms with van der Waals surface area (Å²) in [5.41, 5.74) is 2.59. The van der Waals surface area contributed by atoms with Crippen LogP contribution in [0.4, 0.5) is 0 Å². The molecule has 0 unspecified atom stereocenters. The van der Waals surface area contributed by atoms with Crippen molar-refractivity contribution < 1.29 is 9.90 Å². The van der Waals surface area contributed by atoms with Crippen LogP contribution in [0.25, 0.3) is 22.7 Å². The van der Waals surface area contributed by atoms with Crippen LogP contribution in [0.2, 0.25) is 0 Å². The van der Waals surface area contributed by atoms with Gasteiger partial charge in [0.25, 0.3) is 0 Å². The average Bonchev–Trinajstić information content (AvgIpc) is 2.89. The first-order valence-electron chi connectivity index (χ1n) is 6.29. The van der Waals surface area contributed by atoms with Gasteiger partial charge < -0.3 is 5.11 Å². The fraction of sp³-hybridized carbons (Fsp3) is 0. The maximum atomic E-state index is 10.7. The maximum Gasteiger partial charge on any atom is 0.328 e. The molecular weight excluding hydrogens is 332 g/mol. The third-order valence-corrected chi connectivity index (χ3v) is 3.59. The molecule has 0 saturated carbocycles. The van der Waals surface area contributed by atoms with Crippen LogP contribution in [0.15, 0.2) is 59.2 Å². The minimum Gasteiger partial charge on any atom is -0.478 e. The lowest BCUT2D eigenvalue weighted by Gasteiger charge is -2.08. The number of para-hydroxylation sites is 1.